The molecular formula is C10H13NO2. The summed E-state index contributed by atoms with van der Waals surface area (Å²) in [6.07, 6.45) is 2.31. The molecule has 3 nitrogen and oxygen atoms in total. The zero-order valence-corrected chi connectivity index (χ0v) is 7.27. The van der Waals surface area contributed by atoms with Crippen LogP contribution in [0.3, 0.4) is 0 Å². The van der Waals surface area contributed by atoms with Crippen LogP contribution in [0.1, 0.15) is 18.0 Å². The van der Waals surface area contributed by atoms with Crippen LogP contribution in [0.2, 0.25) is 0 Å². The van der Waals surface area contributed by atoms with Gasteiger partial charge in [-0.2, -0.15) is 0 Å². The Labute approximate surface area is 77.1 Å². The fourth-order valence-corrected chi connectivity index (χ4v) is 1.15. The van der Waals surface area contributed by atoms with Crippen molar-refractivity contribution in [3.63, 3.8) is 0 Å². The van der Waals surface area contributed by atoms with Gasteiger partial charge in [-0.15, -0.1) is 6.58 Å². The largest absolute Gasteiger partial charge is 0.508 e. The highest BCUT2D eigenvalue weighted by Crippen LogP contribution is 2.25. The summed E-state index contributed by atoms with van der Waals surface area (Å²) >= 11 is 0. The number of aromatic hydroxyl groups is 2. The maximum atomic E-state index is 9.17. The summed E-state index contributed by atoms with van der Waals surface area (Å²) in [7, 11) is 0. The molecule has 0 unspecified atom stereocenters. The van der Waals surface area contributed by atoms with Gasteiger partial charge in [-0.3, -0.25) is 0 Å². The molecule has 4 N–H and O–H groups in total. The number of benzene rings is 1. The summed E-state index contributed by atoms with van der Waals surface area (Å²) in [6.45, 7) is 3.57. The van der Waals surface area contributed by atoms with Gasteiger partial charge in [0.2, 0.25) is 0 Å². The van der Waals surface area contributed by atoms with Crippen LogP contribution in [-0.4, -0.2) is 10.2 Å². The van der Waals surface area contributed by atoms with Gasteiger partial charge in [0.05, 0.1) is 0 Å². The van der Waals surface area contributed by atoms with Gasteiger partial charge < -0.3 is 15.9 Å². The molecule has 70 valence electrons. The number of phenols is 2. The summed E-state index contributed by atoms with van der Waals surface area (Å²) in [4.78, 5) is 0. The summed E-state index contributed by atoms with van der Waals surface area (Å²) in [5, 5.41) is 18.3. The van der Waals surface area contributed by atoms with E-state index >= 15 is 0 Å². The monoisotopic (exact) mass is 179 g/mol. The van der Waals surface area contributed by atoms with E-state index in [4.69, 9.17) is 15.9 Å². The van der Waals surface area contributed by atoms with E-state index < -0.39 is 0 Å². The Balaban J connectivity index is 2.93. The van der Waals surface area contributed by atoms with Crippen LogP contribution in [0.15, 0.2) is 30.9 Å². The fourth-order valence-electron chi connectivity index (χ4n) is 1.15. The SMILES string of the molecule is C=CC[C@H](N)c1cc(O)cc(O)c1. The Kier molecular flexibility index (Phi) is 2.93. The van der Waals surface area contributed by atoms with Crippen molar-refractivity contribution in [1.82, 2.24) is 0 Å². The van der Waals surface area contributed by atoms with Crippen molar-refractivity contribution < 1.29 is 10.2 Å². The molecule has 3 heteroatoms. The molecule has 0 heterocycles. The molecule has 1 aromatic carbocycles. The second-order valence-electron chi connectivity index (χ2n) is 2.91. The lowest BCUT2D eigenvalue weighted by atomic mass is 10.0. The maximum Gasteiger partial charge on any atom is 0.119 e. The Morgan fingerprint density at radius 3 is 2.31 bits per heavy atom. The van der Waals surface area contributed by atoms with Crippen LogP contribution < -0.4 is 5.73 Å². The Morgan fingerprint density at radius 2 is 1.85 bits per heavy atom. The molecule has 0 aliphatic heterocycles. The van der Waals surface area contributed by atoms with Crippen molar-refractivity contribution in [1.29, 1.82) is 0 Å². The lowest BCUT2D eigenvalue weighted by Gasteiger charge is -2.09. The Bertz CT molecular complexity index is 290. The first-order chi connectivity index (χ1) is 6.13. The van der Waals surface area contributed by atoms with Gasteiger partial charge >= 0.3 is 0 Å². The number of nitrogens with two attached hydrogens (primary N) is 1. The van der Waals surface area contributed by atoms with E-state index in [-0.39, 0.29) is 17.5 Å². The summed E-state index contributed by atoms with van der Waals surface area (Å²) in [6, 6.07) is 4.11. The highest BCUT2D eigenvalue weighted by atomic mass is 16.3. The molecule has 1 atom stereocenters. The fraction of sp³-hybridized carbons (Fsp3) is 0.200. The van der Waals surface area contributed by atoms with Gasteiger partial charge in [0.1, 0.15) is 11.5 Å². The third-order valence-electron chi connectivity index (χ3n) is 1.77. The van der Waals surface area contributed by atoms with E-state index in [1.807, 2.05) is 0 Å². The standard InChI is InChI=1S/C10H13NO2/c1-2-3-10(11)7-4-8(12)6-9(13)5-7/h2,4-6,10,12-13H,1,3,11H2/t10-/m0/s1. The van der Waals surface area contributed by atoms with E-state index in [2.05, 4.69) is 6.58 Å². The minimum atomic E-state index is -0.226. The average Bonchev–Trinajstić information content (AvgIpc) is 2.03. The van der Waals surface area contributed by atoms with Crippen molar-refractivity contribution in [3.8, 4) is 11.5 Å². The molecular weight excluding hydrogens is 166 g/mol. The predicted molar refractivity (Wildman–Crippen MR) is 51.5 cm³/mol. The molecule has 0 aromatic heterocycles. The van der Waals surface area contributed by atoms with Crippen LogP contribution in [-0.2, 0) is 0 Å². The molecule has 0 amide bonds. The van der Waals surface area contributed by atoms with Crippen molar-refractivity contribution in [3.05, 3.63) is 36.4 Å². The zero-order chi connectivity index (χ0) is 9.84. The van der Waals surface area contributed by atoms with Crippen LogP contribution in [0.5, 0.6) is 11.5 Å². The molecule has 0 aliphatic carbocycles. The van der Waals surface area contributed by atoms with Crippen molar-refractivity contribution >= 4 is 0 Å². The maximum absolute atomic E-state index is 9.17. The molecule has 0 saturated carbocycles. The number of hydrogen-bond acceptors (Lipinski definition) is 3. The molecule has 1 aromatic rings. The van der Waals surface area contributed by atoms with Crippen molar-refractivity contribution in [2.45, 2.75) is 12.5 Å². The summed E-state index contributed by atoms with van der Waals surface area (Å²) in [5.41, 5.74) is 6.46. The van der Waals surface area contributed by atoms with Gasteiger partial charge in [-0.05, 0) is 24.1 Å². The predicted octanol–water partition coefficient (Wildman–Crippen LogP) is 1.67. The molecule has 13 heavy (non-hydrogen) atoms. The molecule has 0 radical (unpaired) electrons. The van der Waals surface area contributed by atoms with Crippen LogP contribution >= 0.6 is 0 Å². The lowest BCUT2D eigenvalue weighted by molar-refractivity contribution is 0.448. The first-order valence-electron chi connectivity index (χ1n) is 4.03. The van der Waals surface area contributed by atoms with Gasteiger partial charge in [-0.25, -0.2) is 0 Å². The van der Waals surface area contributed by atoms with Gasteiger partial charge in [0.25, 0.3) is 0 Å². The zero-order valence-electron chi connectivity index (χ0n) is 7.27. The second-order valence-corrected chi connectivity index (χ2v) is 2.91. The minimum Gasteiger partial charge on any atom is -0.508 e. The normalized spacial score (nSPS) is 12.4. The van der Waals surface area contributed by atoms with Crippen LogP contribution in [0, 0.1) is 0 Å². The van der Waals surface area contributed by atoms with E-state index in [1.54, 1.807) is 6.08 Å². The van der Waals surface area contributed by atoms with Gasteiger partial charge in [0.15, 0.2) is 0 Å². The molecule has 0 bridgehead atoms. The topological polar surface area (TPSA) is 66.5 Å². The third kappa shape index (κ3) is 2.49. The third-order valence-corrected chi connectivity index (χ3v) is 1.77. The van der Waals surface area contributed by atoms with Crippen molar-refractivity contribution in [2.24, 2.45) is 5.73 Å². The van der Waals surface area contributed by atoms with E-state index in [0.717, 1.165) is 0 Å². The molecule has 0 saturated heterocycles. The van der Waals surface area contributed by atoms with Crippen LogP contribution in [0.25, 0.3) is 0 Å². The quantitative estimate of drug-likeness (QED) is 0.618. The second kappa shape index (κ2) is 3.96. The highest BCUT2D eigenvalue weighted by molar-refractivity contribution is 5.38. The number of phenolic OH excluding ortho intramolecular Hbond substituents is 2. The van der Waals surface area contributed by atoms with E-state index in [0.29, 0.717) is 12.0 Å². The first kappa shape index (κ1) is 9.61. The average molecular weight is 179 g/mol. The Hall–Kier alpha value is -1.48. The van der Waals surface area contributed by atoms with Gasteiger partial charge in [0, 0.05) is 12.1 Å². The smallest absolute Gasteiger partial charge is 0.119 e. The molecule has 0 fully saturated rings. The van der Waals surface area contributed by atoms with E-state index in [9.17, 15) is 0 Å². The molecule has 1 rings (SSSR count). The lowest BCUT2D eigenvalue weighted by Crippen LogP contribution is -2.08. The van der Waals surface area contributed by atoms with Gasteiger partial charge in [-0.1, -0.05) is 6.08 Å². The van der Waals surface area contributed by atoms with E-state index in [1.165, 1.54) is 18.2 Å². The number of hydrogen-bond donors (Lipinski definition) is 3. The summed E-state index contributed by atoms with van der Waals surface area (Å²) < 4.78 is 0. The number of rotatable bonds is 3. The first-order valence-corrected chi connectivity index (χ1v) is 4.03. The minimum absolute atomic E-state index is 0.0227. The summed E-state index contributed by atoms with van der Waals surface area (Å²) in [5.74, 6) is 0.0454. The molecule has 0 spiro atoms. The Morgan fingerprint density at radius 1 is 1.31 bits per heavy atom. The highest BCUT2D eigenvalue weighted by Gasteiger charge is 2.06. The van der Waals surface area contributed by atoms with Crippen molar-refractivity contribution in [2.75, 3.05) is 0 Å². The van der Waals surface area contributed by atoms with Crippen LogP contribution in [0.4, 0.5) is 0 Å². The molecule has 0 aliphatic rings.